The molecule has 4 heteroatoms. The molecule has 90 valence electrons. The van der Waals surface area contributed by atoms with Crippen LogP contribution < -0.4 is 0 Å². The van der Waals surface area contributed by atoms with Crippen molar-refractivity contribution in [3.63, 3.8) is 0 Å². The first kappa shape index (κ1) is 11.8. The van der Waals surface area contributed by atoms with Gasteiger partial charge in [-0.1, -0.05) is 44.2 Å². The molecule has 0 spiro atoms. The summed E-state index contributed by atoms with van der Waals surface area (Å²) in [6.07, 6.45) is 0.922. The van der Waals surface area contributed by atoms with Crippen molar-refractivity contribution in [3.8, 4) is 0 Å². The van der Waals surface area contributed by atoms with Crippen molar-refractivity contribution in [3.05, 3.63) is 48.0 Å². The maximum atomic E-state index is 10.0. The number of benzene rings is 1. The van der Waals surface area contributed by atoms with Crippen LogP contribution in [-0.2, 0) is 6.54 Å². The van der Waals surface area contributed by atoms with E-state index in [4.69, 9.17) is 0 Å². The molecule has 2 rings (SSSR count). The molecular formula is C13H17N3O. The van der Waals surface area contributed by atoms with Gasteiger partial charge >= 0.3 is 0 Å². The molecule has 17 heavy (non-hydrogen) atoms. The highest BCUT2D eigenvalue weighted by atomic mass is 16.3. The van der Waals surface area contributed by atoms with Gasteiger partial charge in [-0.15, -0.1) is 0 Å². The van der Waals surface area contributed by atoms with Crippen LogP contribution in [0.4, 0.5) is 0 Å². The normalized spacial score (nSPS) is 12.9. The molecule has 1 N–H and O–H groups in total. The van der Waals surface area contributed by atoms with Gasteiger partial charge in [-0.3, -0.25) is 0 Å². The van der Waals surface area contributed by atoms with E-state index >= 15 is 0 Å². The first-order valence-electron chi connectivity index (χ1n) is 5.78. The maximum Gasteiger partial charge on any atom is 0.156 e. The lowest BCUT2D eigenvalue weighted by Gasteiger charge is -2.14. The Labute approximate surface area is 101 Å². The SMILES string of the molecule is CC(C)C(O)c1ncnn1Cc1ccccc1. The fourth-order valence-corrected chi connectivity index (χ4v) is 1.68. The van der Waals surface area contributed by atoms with Gasteiger partial charge in [-0.05, 0) is 11.5 Å². The van der Waals surface area contributed by atoms with Crippen LogP contribution in [0.25, 0.3) is 0 Å². The Balaban J connectivity index is 2.20. The first-order chi connectivity index (χ1) is 8.18. The predicted octanol–water partition coefficient (Wildman–Crippen LogP) is 2.02. The van der Waals surface area contributed by atoms with E-state index in [1.165, 1.54) is 6.33 Å². The summed E-state index contributed by atoms with van der Waals surface area (Å²) >= 11 is 0. The minimum absolute atomic E-state index is 0.133. The molecule has 1 unspecified atom stereocenters. The van der Waals surface area contributed by atoms with Gasteiger partial charge in [0, 0.05) is 0 Å². The molecule has 1 atom stereocenters. The highest BCUT2D eigenvalue weighted by Gasteiger charge is 2.18. The molecule has 2 aromatic rings. The first-order valence-corrected chi connectivity index (χ1v) is 5.78. The number of rotatable bonds is 4. The number of hydrogen-bond acceptors (Lipinski definition) is 3. The lowest BCUT2D eigenvalue weighted by atomic mass is 10.1. The molecule has 0 saturated heterocycles. The van der Waals surface area contributed by atoms with Crippen LogP contribution in [0, 0.1) is 5.92 Å². The molecule has 0 radical (unpaired) electrons. The Hall–Kier alpha value is -1.68. The molecule has 0 saturated carbocycles. The zero-order valence-electron chi connectivity index (χ0n) is 10.1. The summed E-state index contributed by atoms with van der Waals surface area (Å²) in [5.74, 6) is 0.762. The van der Waals surface area contributed by atoms with Crippen molar-refractivity contribution in [2.24, 2.45) is 5.92 Å². The second-order valence-electron chi connectivity index (χ2n) is 4.45. The molecular weight excluding hydrogens is 214 g/mol. The van der Waals surface area contributed by atoms with Crippen LogP contribution in [0.15, 0.2) is 36.7 Å². The third-order valence-corrected chi connectivity index (χ3v) is 2.72. The summed E-state index contributed by atoms with van der Waals surface area (Å²) in [6, 6.07) is 10.0. The van der Waals surface area contributed by atoms with Gasteiger partial charge in [-0.25, -0.2) is 9.67 Å². The van der Waals surface area contributed by atoms with E-state index in [2.05, 4.69) is 10.1 Å². The number of nitrogens with zero attached hydrogens (tertiary/aromatic N) is 3. The van der Waals surface area contributed by atoms with Crippen molar-refractivity contribution in [2.45, 2.75) is 26.5 Å². The maximum absolute atomic E-state index is 10.0. The molecule has 0 aliphatic carbocycles. The number of aliphatic hydroxyl groups is 1. The predicted molar refractivity (Wildman–Crippen MR) is 65.4 cm³/mol. The second-order valence-corrected chi connectivity index (χ2v) is 4.45. The topological polar surface area (TPSA) is 50.9 Å². The van der Waals surface area contributed by atoms with E-state index < -0.39 is 6.10 Å². The summed E-state index contributed by atoms with van der Waals surface area (Å²) in [5.41, 5.74) is 1.15. The highest BCUT2D eigenvalue weighted by molar-refractivity contribution is 5.15. The number of aromatic nitrogens is 3. The molecule has 0 fully saturated rings. The van der Waals surface area contributed by atoms with E-state index in [1.54, 1.807) is 4.68 Å². The van der Waals surface area contributed by atoms with Crippen molar-refractivity contribution < 1.29 is 5.11 Å². The lowest BCUT2D eigenvalue weighted by Crippen LogP contribution is -2.15. The van der Waals surface area contributed by atoms with Crippen molar-refractivity contribution in [1.82, 2.24) is 14.8 Å². The van der Waals surface area contributed by atoms with Gasteiger partial charge in [-0.2, -0.15) is 5.10 Å². The van der Waals surface area contributed by atoms with Crippen molar-refractivity contribution >= 4 is 0 Å². The number of hydrogen-bond donors (Lipinski definition) is 1. The summed E-state index contributed by atoms with van der Waals surface area (Å²) < 4.78 is 1.75. The fourth-order valence-electron chi connectivity index (χ4n) is 1.68. The summed E-state index contributed by atoms with van der Waals surface area (Å²) in [5, 5.41) is 14.2. The minimum atomic E-state index is -0.568. The quantitative estimate of drug-likeness (QED) is 0.875. The zero-order valence-corrected chi connectivity index (χ0v) is 10.1. The largest absolute Gasteiger partial charge is 0.385 e. The summed E-state index contributed by atoms with van der Waals surface area (Å²) in [7, 11) is 0. The molecule has 0 aliphatic rings. The Morgan fingerprint density at radius 2 is 1.94 bits per heavy atom. The van der Waals surface area contributed by atoms with Crippen LogP contribution >= 0.6 is 0 Å². The van der Waals surface area contributed by atoms with Gasteiger partial charge in [0.25, 0.3) is 0 Å². The van der Waals surface area contributed by atoms with E-state index in [0.717, 1.165) is 5.56 Å². The molecule has 4 nitrogen and oxygen atoms in total. The molecule has 1 aromatic carbocycles. The van der Waals surface area contributed by atoms with Gasteiger partial charge < -0.3 is 5.11 Å². The van der Waals surface area contributed by atoms with E-state index in [0.29, 0.717) is 12.4 Å². The van der Waals surface area contributed by atoms with Gasteiger partial charge in [0.15, 0.2) is 5.82 Å². The van der Waals surface area contributed by atoms with Gasteiger partial charge in [0.05, 0.1) is 6.54 Å². The fraction of sp³-hybridized carbons (Fsp3) is 0.385. The average Bonchev–Trinajstić information content (AvgIpc) is 2.77. The molecule has 0 aliphatic heterocycles. The van der Waals surface area contributed by atoms with E-state index in [-0.39, 0.29) is 5.92 Å². The third kappa shape index (κ3) is 2.71. The Kier molecular flexibility index (Phi) is 3.54. The van der Waals surface area contributed by atoms with Crippen LogP contribution in [0.5, 0.6) is 0 Å². The Morgan fingerprint density at radius 3 is 2.59 bits per heavy atom. The molecule has 0 bridgehead atoms. The summed E-state index contributed by atoms with van der Waals surface area (Å²) in [4.78, 5) is 4.14. The van der Waals surface area contributed by atoms with Crippen LogP contribution in [0.3, 0.4) is 0 Å². The average molecular weight is 231 g/mol. The highest BCUT2D eigenvalue weighted by Crippen LogP contribution is 2.19. The number of aliphatic hydroxyl groups excluding tert-OH is 1. The molecule has 0 amide bonds. The molecule has 1 heterocycles. The van der Waals surface area contributed by atoms with Crippen molar-refractivity contribution in [1.29, 1.82) is 0 Å². The lowest BCUT2D eigenvalue weighted by molar-refractivity contribution is 0.113. The van der Waals surface area contributed by atoms with Crippen LogP contribution in [0.1, 0.15) is 31.3 Å². The van der Waals surface area contributed by atoms with Gasteiger partial charge in [0.2, 0.25) is 0 Å². The molecule has 1 aromatic heterocycles. The van der Waals surface area contributed by atoms with Crippen LogP contribution in [0.2, 0.25) is 0 Å². The summed E-state index contributed by atoms with van der Waals surface area (Å²) in [6.45, 7) is 4.57. The monoisotopic (exact) mass is 231 g/mol. The second kappa shape index (κ2) is 5.10. The third-order valence-electron chi connectivity index (χ3n) is 2.72. The van der Waals surface area contributed by atoms with Gasteiger partial charge in [0.1, 0.15) is 12.4 Å². The Morgan fingerprint density at radius 1 is 1.24 bits per heavy atom. The van der Waals surface area contributed by atoms with E-state index in [1.807, 2.05) is 44.2 Å². The van der Waals surface area contributed by atoms with Crippen LogP contribution in [-0.4, -0.2) is 19.9 Å². The van der Waals surface area contributed by atoms with Crippen molar-refractivity contribution in [2.75, 3.05) is 0 Å². The minimum Gasteiger partial charge on any atom is -0.385 e. The zero-order chi connectivity index (χ0) is 12.3. The standard InChI is InChI=1S/C13H17N3O/c1-10(2)12(17)13-14-9-15-16(13)8-11-6-4-3-5-7-11/h3-7,9-10,12,17H,8H2,1-2H3. The smallest absolute Gasteiger partial charge is 0.156 e. The van der Waals surface area contributed by atoms with E-state index in [9.17, 15) is 5.11 Å². The Bertz CT molecular complexity index is 465.